The summed E-state index contributed by atoms with van der Waals surface area (Å²) in [7, 11) is 1.54. The van der Waals surface area contributed by atoms with Crippen molar-refractivity contribution in [3.63, 3.8) is 0 Å². The average Bonchev–Trinajstić information content (AvgIpc) is 2.62. The zero-order valence-electron chi connectivity index (χ0n) is 14.3. The predicted molar refractivity (Wildman–Crippen MR) is 92.1 cm³/mol. The van der Waals surface area contributed by atoms with Crippen LogP contribution in [0.1, 0.15) is 30.0 Å². The van der Waals surface area contributed by atoms with Crippen LogP contribution in [-0.4, -0.2) is 19.0 Å². The van der Waals surface area contributed by atoms with E-state index in [4.69, 9.17) is 4.74 Å². The van der Waals surface area contributed by atoms with Crippen LogP contribution in [0.5, 0.6) is 5.75 Å². The molecule has 0 saturated carbocycles. The Labute approximate surface area is 146 Å². The Hall–Kier alpha value is -2.82. The summed E-state index contributed by atoms with van der Waals surface area (Å²) in [6, 6.07) is 14.0. The number of nitrogens with zero attached hydrogens (tertiary/aromatic N) is 1. The topological polar surface area (TPSA) is 69.7 Å². The molecule has 1 aliphatic rings. The standard InChI is InChI=1S/C20H21NO4/c1-13-7-9-14(10-8-13)21-18(22)12-11-16(20(23)24)19(21)15-5-3-4-6-17(15)25-2/h3-10,16,19H,11-12H2,1-2H3,(H,23,24)/p-1/t16-,19+/m0/s1. The first-order valence-electron chi connectivity index (χ1n) is 8.25. The van der Waals surface area contributed by atoms with Gasteiger partial charge in [0.15, 0.2) is 0 Å². The molecule has 1 aliphatic heterocycles. The van der Waals surface area contributed by atoms with Crippen LogP contribution in [0.4, 0.5) is 5.69 Å². The molecular weight excluding hydrogens is 318 g/mol. The molecule has 25 heavy (non-hydrogen) atoms. The van der Waals surface area contributed by atoms with E-state index in [2.05, 4.69) is 0 Å². The maximum Gasteiger partial charge on any atom is 0.227 e. The van der Waals surface area contributed by atoms with Crippen molar-refractivity contribution in [1.82, 2.24) is 0 Å². The molecule has 1 fully saturated rings. The number of methoxy groups -OCH3 is 1. The van der Waals surface area contributed by atoms with Gasteiger partial charge in [0.05, 0.1) is 13.2 Å². The third kappa shape index (κ3) is 3.22. The third-order valence-electron chi connectivity index (χ3n) is 4.67. The molecule has 130 valence electrons. The first kappa shape index (κ1) is 17.0. The maximum absolute atomic E-state index is 12.7. The van der Waals surface area contributed by atoms with Crippen LogP contribution in [0.15, 0.2) is 48.5 Å². The number of aryl methyl sites for hydroxylation is 1. The Bertz CT molecular complexity index is 785. The third-order valence-corrected chi connectivity index (χ3v) is 4.67. The molecular formula is C20H20NO4-. The summed E-state index contributed by atoms with van der Waals surface area (Å²) in [5.41, 5.74) is 2.42. The van der Waals surface area contributed by atoms with Gasteiger partial charge in [-0.3, -0.25) is 4.79 Å². The first-order valence-corrected chi connectivity index (χ1v) is 8.25. The highest BCUT2D eigenvalue weighted by atomic mass is 16.5. The number of hydrogen-bond acceptors (Lipinski definition) is 4. The lowest BCUT2D eigenvalue weighted by Gasteiger charge is -2.42. The van der Waals surface area contributed by atoms with E-state index in [0.29, 0.717) is 17.0 Å². The van der Waals surface area contributed by atoms with E-state index in [1.54, 1.807) is 17.0 Å². The van der Waals surface area contributed by atoms with Crippen LogP contribution in [0.2, 0.25) is 0 Å². The molecule has 0 radical (unpaired) electrons. The van der Waals surface area contributed by atoms with Gasteiger partial charge in [0.1, 0.15) is 5.75 Å². The van der Waals surface area contributed by atoms with Crippen molar-refractivity contribution in [2.45, 2.75) is 25.8 Å². The summed E-state index contributed by atoms with van der Waals surface area (Å²) in [6.45, 7) is 1.96. The molecule has 0 spiro atoms. The van der Waals surface area contributed by atoms with Crippen LogP contribution in [-0.2, 0) is 9.59 Å². The molecule has 2 atom stereocenters. The minimum atomic E-state index is -1.15. The van der Waals surface area contributed by atoms with Crippen LogP contribution in [0.3, 0.4) is 0 Å². The van der Waals surface area contributed by atoms with Crippen molar-refractivity contribution in [2.24, 2.45) is 5.92 Å². The van der Waals surface area contributed by atoms with Crippen molar-refractivity contribution in [3.8, 4) is 5.75 Å². The Morgan fingerprint density at radius 3 is 2.48 bits per heavy atom. The number of hydrogen-bond donors (Lipinski definition) is 0. The molecule has 0 aliphatic carbocycles. The van der Waals surface area contributed by atoms with Crippen molar-refractivity contribution >= 4 is 17.6 Å². The number of carboxylic acid groups (broad SMARTS) is 1. The molecule has 0 bridgehead atoms. The van der Waals surface area contributed by atoms with Gasteiger partial charge in [-0.25, -0.2) is 0 Å². The van der Waals surface area contributed by atoms with Gasteiger partial charge < -0.3 is 19.5 Å². The number of rotatable bonds is 4. The van der Waals surface area contributed by atoms with Gasteiger partial charge in [-0.15, -0.1) is 0 Å². The molecule has 0 aromatic heterocycles. The summed E-state index contributed by atoms with van der Waals surface area (Å²) >= 11 is 0. The lowest BCUT2D eigenvalue weighted by atomic mass is 9.83. The number of benzene rings is 2. The van der Waals surface area contributed by atoms with Gasteiger partial charge in [-0.2, -0.15) is 0 Å². The SMILES string of the molecule is COc1ccccc1[C@@H]1[C@@H](C(=O)[O-])CCC(=O)N1c1ccc(C)cc1. The van der Waals surface area contributed by atoms with Gasteiger partial charge in [0.25, 0.3) is 0 Å². The van der Waals surface area contributed by atoms with E-state index >= 15 is 0 Å². The van der Waals surface area contributed by atoms with Gasteiger partial charge in [0.2, 0.25) is 5.91 Å². The fraction of sp³-hybridized carbons (Fsp3) is 0.300. The van der Waals surface area contributed by atoms with E-state index in [1.165, 1.54) is 7.11 Å². The number of para-hydroxylation sites is 1. The highest BCUT2D eigenvalue weighted by molar-refractivity contribution is 5.96. The average molecular weight is 338 g/mol. The quantitative estimate of drug-likeness (QED) is 0.857. The number of carboxylic acids is 1. The Morgan fingerprint density at radius 1 is 1.16 bits per heavy atom. The minimum absolute atomic E-state index is 0.0998. The molecule has 0 unspecified atom stereocenters. The predicted octanol–water partition coefficient (Wildman–Crippen LogP) is 2.24. The molecule has 2 aromatic carbocycles. The second kappa shape index (κ2) is 6.97. The number of piperidine rings is 1. The Morgan fingerprint density at radius 2 is 1.84 bits per heavy atom. The number of carbonyl (C=O) groups is 2. The fourth-order valence-corrected chi connectivity index (χ4v) is 3.42. The van der Waals surface area contributed by atoms with Crippen LogP contribution in [0, 0.1) is 12.8 Å². The fourth-order valence-electron chi connectivity index (χ4n) is 3.42. The van der Waals surface area contributed by atoms with Gasteiger partial charge in [-0.1, -0.05) is 35.9 Å². The van der Waals surface area contributed by atoms with Crippen molar-refractivity contribution < 1.29 is 19.4 Å². The number of aliphatic carboxylic acids is 1. The summed E-state index contributed by atoms with van der Waals surface area (Å²) < 4.78 is 5.41. The molecule has 1 heterocycles. The van der Waals surface area contributed by atoms with Crippen LogP contribution >= 0.6 is 0 Å². The molecule has 3 rings (SSSR count). The number of ether oxygens (including phenoxy) is 1. The number of amides is 1. The van der Waals surface area contributed by atoms with Gasteiger partial charge in [0, 0.05) is 29.6 Å². The van der Waals surface area contributed by atoms with Crippen molar-refractivity contribution in [1.29, 1.82) is 0 Å². The monoisotopic (exact) mass is 338 g/mol. The minimum Gasteiger partial charge on any atom is -0.550 e. The summed E-state index contributed by atoms with van der Waals surface area (Å²) in [5, 5.41) is 11.8. The lowest BCUT2D eigenvalue weighted by Crippen LogP contribution is -2.49. The molecule has 1 saturated heterocycles. The van der Waals surface area contributed by atoms with E-state index in [0.717, 1.165) is 5.56 Å². The highest BCUT2D eigenvalue weighted by Gasteiger charge is 2.39. The zero-order valence-corrected chi connectivity index (χ0v) is 14.3. The largest absolute Gasteiger partial charge is 0.550 e. The Kier molecular flexibility index (Phi) is 4.74. The van der Waals surface area contributed by atoms with E-state index in [-0.39, 0.29) is 18.7 Å². The lowest BCUT2D eigenvalue weighted by molar-refractivity contribution is -0.312. The highest BCUT2D eigenvalue weighted by Crippen LogP contribution is 2.42. The van der Waals surface area contributed by atoms with E-state index in [9.17, 15) is 14.7 Å². The smallest absolute Gasteiger partial charge is 0.227 e. The molecule has 2 aromatic rings. The second-order valence-electron chi connectivity index (χ2n) is 6.25. The summed E-state index contributed by atoms with van der Waals surface area (Å²) in [4.78, 5) is 26.1. The molecule has 1 amide bonds. The summed E-state index contributed by atoms with van der Waals surface area (Å²) in [5.74, 6) is -1.49. The zero-order chi connectivity index (χ0) is 18.0. The van der Waals surface area contributed by atoms with Crippen molar-refractivity contribution in [2.75, 3.05) is 12.0 Å². The van der Waals surface area contributed by atoms with Gasteiger partial charge in [-0.05, 0) is 31.5 Å². The normalized spacial score (nSPS) is 20.4. The van der Waals surface area contributed by atoms with Crippen molar-refractivity contribution in [3.05, 3.63) is 59.7 Å². The van der Waals surface area contributed by atoms with Crippen LogP contribution < -0.4 is 14.7 Å². The maximum atomic E-state index is 12.7. The second-order valence-corrected chi connectivity index (χ2v) is 6.25. The van der Waals surface area contributed by atoms with E-state index < -0.39 is 17.9 Å². The van der Waals surface area contributed by atoms with Crippen LogP contribution in [0.25, 0.3) is 0 Å². The number of anilines is 1. The van der Waals surface area contributed by atoms with E-state index in [1.807, 2.05) is 43.3 Å². The summed E-state index contributed by atoms with van der Waals surface area (Å²) in [6.07, 6.45) is 0.435. The molecule has 5 heteroatoms. The number of carbonyl (C=O) groups excluding carboxylic acids is 2. The molecule has 5 nitrogen and oxygen atoms in total. The molecule has 0 N–H and O–H groups in total. The van der Waals surface area contributed by atoms with Gasteiger partial charge >= 0.3 is 0 Å². The Balaban J connectivity index is 2.15. The first-order chi connectivity index (χ1) is 12.0.